The van der Waals surface area contributed by atoms with Crippen LogP contribution in [0.1, 0.15) is 64.2 Å². The first-order chi connectivity index (χ1) is 8.84. The van der Waals surface area contributed by atoms with E-state index >= 15 is 0 Å². The normalized spacial score (nSPS) is 27.3. The predicted molar refractivity (Wildman–Crippen MR) is 76.4 cm³/mol. The van der Waals surface area contributed by atoms with Crippen LogP contribution in [0, 0.1) is 11.8 Å². The third kappa shape index (κ3) is 4.80. The molecule has 100 valence electrons. The van der Waals surface area contributed by atoms with Crippen molar-refractivity contribution in [1.29, 1.82) is 0 Å². The maximum absolute atomic E-state index is 11.9. The summed E-state index contributed by atoms with van der Waals surface area (Å²) in [6.07, 6.45) is 20.4. The standard InChI is InChI=1S/C17H26O/c18-17(13-11-15-7-3-1-4-8-15)14-12-16-9-5-2-6-10-16/h1-3,5,15-16H,4,6-14H2. The summed E-state index contributed by atoms with van der Waals surface area (Å²) >= 11 is 0. The van der Waals surface area contributed by atoms with Gasteiger partial charge < -0.3 is 0 Å². The van der Waals surface area contributed by atoms with E-state index in [0.29, 0.717) is 5.78 Å². The van der Waals surface area contributed by atoms with Crippen LogP contribution < -0.4 is 0 Å². The van der Waals surface area contributed by atoms with Crippen LogP contribution in [0.3, 0.4) is 0 Å². The molecule has 0 N–H and O–H groups in total. The summed E-state index contributed by atoms with van der Waals surface area (Å²) in [7, 11) is 0. The van der Waals surface area contributed by atoms with E-state index in [1.165, 1.54) is 38.5 Å². The maximum Gasteiger partial charge on any atom is 0.132 e. The van der Waals surface area contributed by atoms with Gasteiger partial charge in [-0.1, -0.05) is 24.3 Å². The molecule has 0 saturated heterocycles. The molecular formula is C17H26O. The van der Waals surface area contributed by atoms with Gasteiger partial charge in [-0.15, -0.1) is 0 Å². The van der Waals surface area contributed by atoms with Gasteiger partial charge in [-0.25, -0.2) is 0 Å². The fraction of sp³-hybridized carbons (Fsp3) is 0.706. The van der Waals surface area contributed by atoms with Crippen LogP contribution in [-0.2, 0) is 4.79 Å². The molecule has 0 spiro atoms. The first-order valence-electron chi connectivity index (χ1n) is 7.66. The zero-order valence-electron chi connectivity index (χ0n) is 11.4. The molecule has 0 bridgehead atoms. The predicted octanol–water partition coefficient (Wildman–Crippen LogP) is 4.83. The minimum absolute atomic E-state index is 0.499. The van der Waals surface area contributed by atoms with Crippen LogP contribution in [0.4, 0.5) is 0 Å². The van der Waals surface area contributed by atoms with Gasteiger partial charge in [0.25, 0.3) is 0 Å². The smallest absolute Gasteiger partial charge is 0.132 e. The summed E-state index contributed by atoms with van der Waals surface area (Å²) in [6, 6.07) is 0. The average Bonchev–Trinajstić information content (AvgIpc) is 2.45. The zero-order chi connectivity index (χ0) is 12.6. The number of ketones is 1. The maximum atomic E-state index is 11.9. The van der Waals surface area contributed by atoms with Crippen LogP contribution in [0.15, 0.2) is 24.3 Å². The van der Waals surface area contributed by atoms with Gasteiger partial charge in [-0.05, 0) is 63.2 Å². The number of hydrogen-bond acceptors (Lipinski definition) is 1. The monoisotopic (exact) mass is 246 g/mol. The number of rotatable bonds is 6. The molecule has 0 heterocycles. The van der Waals surface area contributed by atoms with Crippen molar-refractivity contribution in [3.63, 3.8) is 0 Å². The van der Waals surface area contributed by atoms with E-state index in [0.717, 1.165) is 37.5 Å². The Hall–Kier alpha value is -0.850. The van der Waals surface area contributed by atoms with Crippen LogP contribution in [0.25, 0.3) is 0 Å². The van der Waals surface area contributed by atoms with Gasteiger partial charge in [0.05, 0.1) is 0 Å². The fourth-order valence-corrected chi connectivity index (χ4v) is 3.09. The van der Waals surface area contributed by atoms with Crippen LogP contribution in [0.2, 0.25) is 0 Å². The van der Waals surface area contributed by atoms with Crippen LogP contribution in [0.5, 0.6) is 0 Å². The van der Waals surface area contributed by atoms with Gasteiger partial charge in [-0.2, -0.15) is 0 Å². The molecule has 0 amide bonds. The lowest BCUT2D eigenvalue weighted by molar-refractivity contribution is -0.119. The van der Waals surface area contributed by atoms with Gasteiger partial charge in [0.2, 0.25) is 0 Å². The highest BCUT2D eigenvalue weighted by Gasteiger charge is 2.14. The van der Waals surface area contributed by atoms with Crippen LogP contribution in [-0.4, -0.2) is 5.78 Å². The second-order valence-electron chi connectivity index (χ2n) is 5.92. The highest BCUT2D eigenvalue weighted by molar-refractivity contribution is 5.78. The molecule has 0 saturated carbocycles. The van der Waals surface area contributed by atoms with Crippen molar-refractivity contribution in [3.05, 3.63) is 24.3 Å². The van der Waals surface area contributed by atoms with E-state index < -0.39 is 0 Å². The summed E-state index contributed by atoms with van der Waals surface area (Å²) in [6.45, 7) is 0. The first-order valence-corrected chi connectivity index (χ1v) is 7.66. The van der Waals surface area contributed by atoms with E-state index in [-0.39, 0.29) is 0 Å². The number of Topliss-reactive ketones (excluding diaryl/α,β-unsaturated/α-hetero) is 1. The Kier molecular flexibility index (Phi) is 5.70. The highest BCUT2D eigenvalue weighted by atomic mass is 16.1. The topological polar surface area (TPSA) is 17.1 Å². The molecule has 0 aromatic carbocycles. The molecule has 2 unspecified atom stereocenters. The Morgan fingerprint density at radius 3 is 1.72 bits per heavy atom. The van der Waals surface area contributed by atoms with Crippen molar-refractivity contribution >= 4 is 5.78 Å². The summed E-state index contributed by atoms with van der Waals surface area (Å²) in [5.41, 5.74) is 0. The minimum atomic E-state index is 0.499. The number of carbonyl (C=O) groups is 1. The van der Waals surface area contributed by atoms with Gasteiger partial charge >= 0.3 is 0 Å². The van der Waals surface area contributed by atoms with Crippen LogP contribution >= 0.6 is 0 Å². The van der Waals surface area contributed by atoms with Crippen molar-refractivity contribution < 1.29 is 4.79 Å². The summed E-state index contributed by atoms with van der Waals surface area (Å²) in [5.74, 6) is 2.05. The molecule has 2 rings (SSSR count). The summed E-state index contributed by atoms with van der Waals surface area (Å²) in [4.78, 5) is 11.9. The molecule has 2 atom stereocenters. The average molecular weight is 246 g/mol. The third-order valence-electron chi connectivity index (χ3n) is 4.42. The van der Waals surface area contributed by atoms with Gasteiger partial charge in [0.15, 0.2) is 0 Å². The molecule has 2 aliphatic carbocycles. The quantitative estimate of drug-likeness (QED) is 0.614. The Bertz CT molecular complexity index is 284. The molecular weight excluding hydrogens is 220 g/mol. The van der Waals surface area contributed by atoms with Crippen molar-refractivity contribution in [2.75, 3.05) is 0 Å². The molecule has 1 heteroatoms. The first kappa shape index (κ1) is 13.6. The Balaban J connectivity index is 1.57. The van der Waals surface area contributed by atoms with E-state index in [1.54, 1.807) is 0 Å². The summed E-state index contributed by atoms with van der Waals surface area (Å²) in [5, 5.41) is 0. The molecule has 0 aromatic rings. The zero-order valence-corrected chi connectivity index (χ0v) is 11.4. The molecule has 0 aliphatic heterocycles. The van der Waals surface area contributed by atoms with Crippen molar-refractivity contribution in [3.8, 4) is 0 Å². The van der Waals surface area contributed by atoms with Crippen molar-refractivity contribution in [2.45, 2.75) is 64.2 Å². The Morgan fingerprint density at radius 2 is 1.33 bits per heavy atom. The highest BCUT2D eigenvalue weighted by Crippen LogP contribution is 2.25. The molecule has 1 nitrogen and oxygen atoms in total. The Labute approximate surface area is 111 Å². The third-order valence-corrected chi connectivity index (χ3v) is 4.42. The second-order valence-corrected chi connectivity index (χ2v) is 5.92. The lowest BCUT2D eigenvalue weighted by atomic mass is 9.87. The second kappa shape index (κ2) is 7.56. The lowest BCUT2D eigenvalue weighted by Crippen LogP contribution is -2.09. The SMILES string of the molecule is O=C(CCC1CC=CCC1)CCC1CC=CCC1. The van der Waals surface area contributed by atoms with Gasteiger partial charge in [0.1, 0.15) is 5.78 Å². The largest absolute Gasteiger partial charge is 0.300 e. The number of hydrogen-bond donors (Lipinski definition) is 0. The molecule has 0 fully saturated rings. The lowest BCUT2D eigenvalue weighted by Gasteiger charge is -2.18. The van der Waals surface area contributed by atoms with Crippen molar-refractivity contribution in [2.24, 2.45) is 11.8 Å². The minimum Gasteiger partial charge on any atom is -0.300 e. The fourth-order valence-electron chi connectivity index (χ4n) is 3.09. The van der Waals surface area contributed by atoms with Crippen molar-refractivity contribution in [1.82, 2.24) is 0 Å². The molecule has 0 radical (unpaired) electrons. The van der Waals surface area contributed by atoms with E-state index in [2.05, 4.69) is 24.3 Å². The molecule has 0 aromatic heterocycles. The number of allylic oxidation sites excluding steroid dienone is 4. The van der Waals surface area contributed by atoms with Gasteiger partial charge in [0, 0.05) is 12.8 Å². The number of carbonyl (C=O) groups excluding carboxylic acids is 1. The molecule has 18 heavy (non-hydrogen) atoms. The van der Waals surface area contributed by atoms with E-state index in [1.807, 2.05) is 0 Å². The van der Waals surface area contributed by atoms with E-state index in [9.17, 15) is 4.79 Å². The summed E-state index contributed by atoms with van der Waals surface area (Å²) < 4.78 is 0. The van der Waals surface area contributed by atoms with E-state index in [4.69, 9.17) is 0 Å². The molecule has 2 aliphatic rings. The Morgan fingerprint density at radius 1 is 0.833 bits per heavy atom. The van der Waals surface area contributed by atoms with Gasteiger partial charge in [-0.3, -0.25) is 4.79 Å².